The number of nitrogens with zero attached hydrogens (tertiary/aromatic N) is 4. The molecular formula is C13H19ClF2N6. The third-order valence-electron chi connectivity index (χ3n) is 3.20. The summed E-state index contributed by atoms with van der Waals surface area (Å²) >= 11 is 0. The molecule has 0 spiro atoms. The zero-order valence-electron chi connectivity index (χ0n) is 12.2. The Kier molecular flexibility index (Phi) is 6.51. The molecule has 0 atom stereocenters. The second kappa shape index (κ2) is 7.90. The maximum Gasteiger partial charge on any atom is 0.223 e. The van der Waals surface area contributed by atoms with Crippen LogP contribution in [0.25, 0.3) is 0 Å². The largest absolute Gasteiger partial charge is 0.369 e. The minimum absolute atomic E-state index is 0. The van der Waals surface area contributed by atoms with E-state index in [0.717, 1.165) is 38.3 Å². The van der Waals surface area contributed by atoms with Crippen molar-refractivity contribution in [1.29, 1.82) is 0 Å². The van der Waals surface area contributed by atoms with Gasteiger partial charge in [0, 0.05) is 32.2 Å². The van der Waals surface area contributed by atoms with Crippen molar-refractivity contribution in [3.8, 4) is 0 Å². The molecule has 0 amide bonds. The van der Waals surface area contributed by atoms with Gasteiger partial charge in [0.15, 0.2) is 17.6 Å². The molecule has 122 valence electrons. The molecular weight excluding hydrogens is 314 g/mol. The number of rotatable bonds is 1. The van der Waals surface area contributed by atoms with E-state index in [4.69, 9.17) is 11.5 Å². The fraction of sp³-hybridized carbons (Fsp3) is 0.385. The average Bonchev–Trinajstić information content (AvgIpc) is 2.43. The summed E-state index contributed by atoms with van der Waals surface area (Å²) in [5.41, 5.74) is 11.7. The molecule has 0 unspecified atom stereocenters. The standard InChI is InChI=1S/C13H18F2N6.ClH/c1-20-4-6-21(7-5-20)13(17)19-12(16)18-9-2-3-10(14)11(15)8-9;/h2-3,8H,4-7H2,1H3,(H4,16,17,18,19);1H. The van der Waals surface area contributed by atoms with Gasteiger partial charge in [0.25, 0.3) is 0 Å². The second-order valence-corrected chi connectivity index (χ2v) is 4.83. The summed E-state index contributed by atoms with van der Waals surface area (Å²) in [6, 6.07) is 3.24. The minimum Gasteiger partial charge on any atom is -0.369 e. The van der Waals surface area contributed by atoms with Gasteiger partial charge in [0.05, 0.1) is 5.69 Å². The van der Waals surface area contributed by atoms with Crippen LogP contribution in [0.15, 0.2) is 28.2 Å². The minimum atomic E-state index is -0.986. The van der Waals surface area contributed by atoms with Crippen LogP contribution < -0.4 is 11.5 Å². The summed E-state index contributed by atoms with van der Waals surface area (Å²) < 4.78 is 25.9. The Balaban J connectivity index is 0.00000242. The number of likely N-dealkylation sites (N-methyl/N-ethyl adjacent to an activating group) is 1. The molecule has 0 aromatic heterocycles. The van der Waals surface area contributed by atoms with Crippen LogP contribution in [0.2, 0.25) is 0 Å². The van der Waals surface area contributed by atoms with E-state index in [-0.39, 0.29) is 30.0 Å². The fourth-order valence-corrected chi connectivity index (χ4v) is 1.94. The number of benzene rings is 1. The molecule has 0 saturated carbocycles. The van der Waals surface area contributed by atoms with Crippen molar-refractivity contribution in [3.63, 3.8) is 0 Å². The Morgan fingerprint density at radius 2 is 1.73 bits per heavy atom. The Morgan fingerprint density at radius 1 is 1.09 bits per heavy atom. The molecule has 2 rings (SSSR count). The summed E-state index contributed by atoms with van der Waals surface area (Å²) in [6.45, 7) is 3.28. The molecule has 0 radical (unpaired) electrons. The van der Waals surface area contributed by atoms with Crippen LogP contribution in [0.4, 0.5) is 14.5 Å². The molecule has 1 aliphatic rings. The third-order valence-corrected chi connectivity index (χ3v) is 3.20. The third kappa shape index (κ3) is 4.81. The highest BCUT2D eigenvalue weighted by molar-refractivity contribution is 5.94. The summed E-state index contributed by atoms with van der Waals surface area (Å²) in [4.78, 5) is 12.0. The zero-order chi connectivity index (χ0) is 15.4. The van der Waals surface area contributed by atoms with E-state index in [1.807, 2.05) is 11.9 Å². The molecule has 1 fully saturated rings. The predicted molar refractivity (Wildman–Crippen MR) is 85.6 cm³/mol. The Bertz CT molecular complexity index is 570. The van der Waals surface area contributed by atoms with Gasteiger partial charge in [-0.05, 0) is 19.2 Å². The van der Waals surface area contributed by atoms with Gasteiger partial charge in [-0.1, -0.05) is 0 Å². The molecule has 0 bridgehead atoms. The number of guanidine groups is 2. The lowest BCUT2D eigenvalue weighted by Crippen LogP contribution is -2.50. The fourth-order valence-electron chi connectivity index (χ4n) is 1.94. The highest BCUT2D eigenvalue weighted by Gasteiger charge is 2.15. The van der Waals surface area contributed by atoms with Gasteiger partial charge in [-0.25, -0.2) is 13.8 Å². The second-order valence-electron chi connectivity index (χ2n) is 4.83. The Hall–Kier alpha value is -1.93. The molecule has 6 nitrogen and oxygen atoms in total. The van der Waals surface area contributed by atoms with Crippen molar-refractivity contribution < 1.29 is 8.78 Å². The summed E-state index contributed by atoms with van der Waals surface area (Å²) in [7, 11) is 2.03. The van der Waals surface area contributed by atoms with Crippen LogP contribution in [-0.2, 0) is 0 Å². The zero-order valence-corrected chi connectivity index (χ0v) is 13.0. The SMILES string of the molecule is CN1CCN(C(N)=NC(N)=Nc2ccc(F)c(F)c2)CC1.Cl. The van der Waals surface area contributed by atoms with E-state index in [0.29, 0.717) is 0 Å². The number of nitrogens with two attached hydrogens (primary N) is 2. The number of hydrogen-bond acceptors (Lipinski definition) is 2. The molecule has 4 N–H and O–H groups in total. The van der Waals surface area contributed by atoms with E-state index in [9.17, 15) is 8.78 Å². The molecule has 1 aliphatic heterocycles. The lowest BCUT2D eigenvalue weighted by atomic mass is 10.3. The van der Waals surface area contributed by atoms with Gasteiger partial charge in [0.1, 0.15) is 0 Å². The molecule has 1 aromatic rings. The number of aliphatic imine (C=N–C) groups is 2. The number of hydrogen-bond donors (Lipinski definition) is 2. The summed E-state index contributed by atoms with van der Waals surface area (Å²) in [5, 5.41) is 0. The van der Waals surface area contributed by atoms with Gasteiger partial charge < -0.3 is 21.3 Å². The summed E-state index contributed by atoms with van der Waals surface area (Å²) in [5.74, 6) is -1.75. The van der Waals surface area contributed by atoms with Crippen molar-refractivity contribution in [1.82, 2.24) is 9.80 Å². The molecule has 1 aromatic carbocycles. The van der Waals surface area contributed by atoms with Crippen LogP contribution in [-0.4, -0.2) is 54.9 Å². The van der Waals surface area contributed by atoms with Crippen molar-refractivity contribution in [3.05, 3.63) is 29.8 Å². The Morgan fingerprint density at radius 3 is 2.32 bits per heavy atom. The smallest absolute Gasteiger partial charge is 0.223 e. The van der Waals surface area contributed by atoms with E-state index < -0.39 is 11.6 Å². The van der Waals surface area contributed by atoms with Crippen LogP contribution in [0, 0.1) is 11.6 Å². The normalized spacial score (nSPS) is 17.3. The maximum absolute atomic E-state index is 13.1. The first-order chi connectivity index (χ1) is 9.95. The summed E-state index contributed by atoms with van der Waals surface area (Å²) in [6.07, 6.45) is 0. The Labute approximate surface area is 133 Å². The molecule has 1 saturated heterocycles. The quantitative estimate of drug-likeness (QED) is 0.591. The first kappa shape index (κ1) is 18.1. The van der Waals surface area contributed by atoms with Crippen LogP contribution in [0.3, 0.4) is 0 Å². The molecule has 22 heavy (non-hydrogen) atoms. The van der Waals surface area contributed by atoms with Gasteiger partial charge >= 0.3 is 0 Å². The van der Waals surface area contributed by atoms with Crippen molar-refractivity contribution in [2.24, 2.45) is 21.5 Å². The lowest BCUT2D eigenvalue weighted by Gasteiger charge is -2.32. The van der Waals surface area contributed by atoms with E-state index in [1.54, 1.807) is 0 Å². The van der Waals surface area contributed by atoms with Crippen LogP contribution >= 0.6 is 12.4 Å². The van der Waals surface area contributed by atoms with Crippen LogP contribution in [0.5, 0.6) is 0 Å². The monoisotopic (exact) mass is 332 g/mol. The first-order valence-corrected chi connectivity index (χ1v) is 6.52. The average molecular weight is 333 g/mol. The number of piperazine rings is 1. The maximum atomic E-state index is 13.1. The van der Waals surface area contributed by atoms with Gasteiger partial charge in [-0.15, -0.1) is 12.4 Å². The van der Waals surface area contributed by atoms with Crippen molar-refractivity contribution in [2.45, 2.75) is 0 Å². The topological polar surface area (TPSA) is 83.2 Å². The predicted octanol–water partition coefficient (Wildman–Crippen LogP) is 0.895. The van der Waals surface area contributed by atoms with E-state index in [1.165, 1.54) is 6.07 Å². The first-order valence-electron chi connectivity index (χ1n) is 6.52. The van der Waals surface area contributed by atoms with E-state index in [2.05, 4.69) is 14.9 Å². The van der Waals surface area contributed by atoms with Crippen molar-refractivity contribution in [2.75, 3.05) is 33.2 Å². The van der Waals surface area contributed by atoms with Gasteiger partial charge in [-0.2, -0.15) is 4.99 Å². The molecule has 9 heteroatoms. The lowest BCUT2D eigenvalue weighted by molar-refractivity contribution is 0.214. The molecule has 1 heterocycles. The van der Waals surface area contributed by atoms with Gasteiger partial charge in [-0.3, -0.25) is 0 Å². The molecule has 0 aliphatic carbocycles. The van der Waals surface area contributed by atoms with Crippen LogP contribution in [0.1, 0.15) is 0 Å². The van der Waals surface area contributed by atoms with Gasteiger partial charge in [0.2, 0.25) is 5.96 Å². The highest BCUT2D eigenvalue weighted by Crippen LogP contribution is 2.16. The highest BCUT2D eigenvalue weighted by atomic mass is 35.5. The van der Waals surface area contributed by atoms with Crippen molar-refractivity contribution >= 4 is 30.0 Å². The number of halogens is 3. The van der Waals surface area contributed by atoms with E-state index >= 15 is 0 Å².